The van der Waals surface area contributed by atoms with Gasteiger partial charge in [0, 0.05) is 17.1 Å². The maximum absolute atomic E-state index is 11.3. The maximum atomic E-state index is 11.3. The zero-order valence-corrected chi connectivity index (χ0v) is 13.2. The fourth-order valence-electron chi connectivity index (χ4n) is 2.67. The molecule has 2 aromatic carbocycles. The van der Waals surface area contributed by atoms with Crippen molar-refractivity contribution < 1.29 is 14.6 Å². The third kappa shape index (κ3) is 3.06. The number of carboxylic acids is 1. The van der Waals surface area contributed by atoms with Gasteiger partial charge < -0.3 is 14.4 Å². The van der Waals surface area contributed by atoms with Crippen LogP contribution < -0.4 is 4.74 Å². The van der Waals surface area contributed by atoms with Gasteiger partial charge in [-0.1, -0.05) is 24.3 Å². The molecule has 0 atom stereocenters. The lowest BCUT2D eigenvalue weighted by Crippen LogP contribution is -2.07. The van der Waals surface area contributed by atoms with Crippen LogP contribution in [-0.4, -0.2) is 22.2 Å². The summed E-state index contributed by atoms with van der Waals surface area (Å²) >= 11 is 0. The highest BCUT2D eigenvalue weighted by Gasteiger charge is 2.13. The molecule has 0 fully saturated rings. The maximum Gasteiger partial charge on any atom is 0.337 e. The molecular weight excluding hydrogens is 290 g/mol. The van der Waals surface area contributed by atoms with Crippen LogP contribution in [0, 0.1) is 13.8 Å². The van der Waals surface area contributed by atoms with Crippen molar-refractivity contribution in [3.8, 4) is 5.75 Å². The SMILES string of the molecule is Cc1ccc(OCCn2cc(C(=O)O)c3ccccc32)cc1C. The second kappa shape index (κ2) is 6.16. The largest absolute Gasteiger partial charge is 0.492 e. The zero-order valence-electron chi connectivity index (χ0n) is 13.2. The summed E-state index contributed by atoms with van der Waals surface area (Å²) in [4.78, 5) is 11.3. The number of para-hydroxylation sites is 1. The van der Waals surface area contributed by atoms with Crippen molar-refractivity contribution in [1.82, 2.24) is 4.57 Å². The van der Waals surface area contributed by atoms with E-state index >= 15 is 0 Å². The summed E-state index contributed by atoms with van der Waals surface area (Å²) in [5, 5.41) is 10.1. The van der Waals surface area contributed by atoms with Crippen molar-refractivity contribution in [2.24, 2.45) is 0 Å². The van der Waals surface area contributed by atoms with Gasteiger partial charge >= 0.3 is 5.97 Å². The summed E-state index contributed by atoms with van der Waals surface area (Å²) in [6.07, 6.45) is 1.68. The lowest BCUT2D eigenvalue weighted by atomic mass is 10.1. The molecule has 3 rings (SSSR count). The Labute approximate surface area is 134 Å². The van der Waals surface area contributed by atoms with Gasteiger partial charge in [-0.3, -0.25) is 0 Å². The minimum Gasteiger partial charge on any atom is -0.492 e. The van der Waals surface area contributed by atoms with Crippen LogP contribution in [-0.2, 0) is 6.54 Å². The van der Waals surface area contributed by atoms with Gasteiger partial charge in [0.05, 0.1) is 12.1 Å². The quantitative estimate of drug-likeness (QED) is 0.774. The van der Waals surface area contributed by atoms with Crippen molar-refractivity contribution in [1.29, 1.82) is 0 Å². The molecule has 0 radical (unpaired) electrons. The van der Waals surface area contributed by atoms with Crippen LogP contribution in [0.15, 0.2) is 48.7 Å². The van der Waals surface area contributed by atoms with E-state index in [1.54, 1.807) is 6.20 Å². The van der Waals surface area contributed by atoms with Crippen molar-refractivity contribution in [3.05, 3.63) is 65.4 Å². The molecule has 1 N–H and O–H groups in total. The molecule has 4 heteroatoms. The minimum atomic E-state index is -0.907. The van der Waals surface area contributed by atoms with Gasteiger partial charge in [-0.05, 0) is 43.2 Å². The third-order valence-electron chi connectivity index (χ3n) is 4.10. The van der Waals surface area contributed by atoms with Crippen molar-refractivity contribution in [3.63, 3.8) is 0 Å². The first-order chi connectivity index (χ1) is 11.1. The number of carbonyl (C=O) groups is 1. The van der Waals surface area contributed by atoms with Gasteiger partial charge in [0.2, 0.25) is 0 Å². The number of fused-ring (bicyclic) bond motifs is 1. The Balaban J connectivity index is 1.77. The van der Waals surface area contributed by atoms with E-state index in [1.165, 1.54) is 11.1 Å². The van der Waals surface area contributed by atoms with E-state index in [-0.39, 0.29) is 0 Å². The highest BCUT2D eigenvalue weighted by molar-refractivity contribution is 6.03. The van der Waals surface area contributed by atoms with Crippen LogP contribution in [0.2, 0.25) is 0 Å². The summed E-state index contributed by atoms with van der Waals surface area (Å²) < 4.78 is 7.73. The summed E-state index contributed by atoms with van der Waals surface area (Å²) in [5.74, 6) is -0.0713. The predicted octanol–water partition coefficient (Wildman–Crippen LogP) is 4.04. The lowest BCUT2D eigenvalue weighted by Gasteiger charge is -2.09. The topological polar surface area (TPSA) is 51.5 Å². The molecule has 118 valence electrons. The number of hydrogen-bond donors (Lipinski definition) is 1. The molecule has 1 aromatic heterocycles. The Hall–Kier alpha value is -2.75. The van der Waals surface area contributed by atoms with Gasteiger partial charge in [-0.25, -0.2) is 4.79 Å². The molecule has 0 unspecified atom stereocenters. The molecule has 0 saturated heterocycles. The van der Waals surface area contributed by atoms with Gasteiger partial charge in [-0.2, -0.15) is 0 Å². The fourth-order valence-corrected chi connectivity index (χ4v) is 2.67. The number of aryl methyl sites for hydroxylation is 2. The fraction of sp³-hybridized carbons (Fsp3) is 0.211. The van der Waals surface area contributed by atoms with E-state index in [2.05, 4.69) is 13.8 Å². The molecule has 0 aliphatic carbocycles. The van der Waals surface area contributed by atoms with E-state index in [1.807, 2.05) is 47.0 Å². The molecule has 23 heavy (non-hydrogen) atoms. The number of nitrogens with zero attached hydrogens (tertiary/aromatic N) is 1. The van der Waals surface area contributed by atoms with Gasteiger partial charge in [0.15, 0.2) is 0 Å². The number of carboxylic acid groups (broad SMARTS) is 1. The summed E-state index contributed by atoms with van der Waals surface area (Å²) in [5.41, 5.74) is 3.67. The van der Waals surface area contributed by atoms with Gasteiger partial charge in [0.1, 0.15) is 12.4 Å². The Kier molecular flexibility index (Phi) is 4.06. The number of aromatic carboxylic acids is 1. The second-order valence-corrected chi connectivity index (χ2v) is 5.65. The first-order valence-electron chi connectivity index (χ1n) is 7.57. The number of hydrogen-bond acceptors (Lipinski definition) is 2. The van der Waals surface area contributed by atoms with E-state index in [0.29, 0.717) is 18.7 Å². The molecule has 0 aliphatic heterocycles. The van der Waals surface area contributed by atoms with E-state index in [0.717, 1.165) is 16.7 Å². The molecular formula is C19H19NO3. The average molecular weight is 309 g/mol. The molecule has 0 amide bonds. The molecule has 0 aliphatic rings. The van der Waals surface area contributed by atoms with Crippen LogP contribution in [0.4, 0.5) is 0 Å². The number of benzene rings is 2. The molecule has 3 aromatic rings. The summed E-state index contributed by atoms with van der Waals surface area (Å²) in [6.45, 7) is 5.21. The van der Waals surface area contributed by atoms with Crippen molar-refractivity contribution in [2.45, 2.75) is 20.4 Å². The number of rotatable bonds is 5. The van der Waals surface area contributed by atoms with Crippen molar-refractivity contribution in [2.75, 3.05) is 6.61 Å². The molecule has 4 nitrogen and oxygen atoms in total. The standard InChI is InChI=1S/C19H19NO3/c1-13-7-8-15(11-14(13)2)23-10-9-20-12-17(19(21)22)16-5-3-4-6-18(16)20/h3-8,11-12H,9-10H2,1-2H3,(H,21,22). The van der Waals surface area contributed by atoms with Gasteiger partial charge in [0.25, 0.3) is 0 Å². The first-order valence-corrected chi connectivity index (χ1v) is 7.57. The lowest BCUT2D eigenvalue weighted by molar-refractivity contribution is 0.0698. The van der Waals surface area contributed by atoms with Crippen LogP contribution in [0.3, 0.4) is 0 Å². The van der Waals surface area contributed by atoms with Crippen LogP contribution >= 0.6 is 0 Å². The monoisotopic (exact) mass is 309 g/mol. The Morgan fingerprint density at radius 2 is 1.91 bits per heavy atom. The van der Waals surface area contributed by atoms with E-state index in [9.17, 15) is 9.90 Å². The Bertz CT molecular complexity index is 864. The van der Waals surface area contributed by atoms with E-state index < -0.39 is 5.97 Å². The minimum absolute atomic E-state index is 0.326. The predicted molar refractivity (Wildman–Crippen MR) is 90.3 cm³/mol. The van der Waals surface area contributed by atoms with Crippen LogP contribution in [0.25, 0.3) is 10.9 Å². The highest BCUT2D eigenvalue weighted by Crippen LogP contribution is 2.22. The Morgan fingerprint density at radius 3 is 2.65 bits per heavy atom. The van der Waals surface area contributed by atoms with Crippen molar-refractivity contribution >= 4 is 16.9 Å². The Morgan fingerprint density at radius 1 is 1.13 bits per heavy atom. The third-order valence-corrected chi connectivity index (χ3v) is 4.10. The summed E-state index contributed by atoms with van der Waals surface area (Å²) in [6, 6.07) is 13.5. The number of ether oxygens (including phenoxy) is 1. The summed E-state index contributed by atoms with van der Waals surface area (Å²) in [7, 11) is 0. The van der Waals surface area contributed by atoms with E-state index in [4.69, 9.17) is 4.74 Å². The smallest absolute Gasteiger partial charge is 0.337 e. The highest BCUT2D eigenvalue weighted by atomic mass is 16.5. The molecule has 1 heterocycles. The second-order valence-electron chi connectivity index (χ2n) is 5.65. The van der Waals surface area contributed by atoms with Crippen LogP contribution in [0.5, 0.6) is 5.75 Å². The first kappa shape index (κ1) is 15.2. The molecule has 0 saturated carbocycles. The number of aromatic nitrogens is 1. The zero-order chi connectivity index (χ0) is 16.4. The average Bonchev–Trinajstić information content (AvgIpc) is 2.90. The van der Waals surface area contributed by atoms with Crippen LogP contribution in [0.1, 0.15) is 21.5 Å². The van der Waals surface area contributed by atoms with Gasteiger partial charge in [-0.15, -0.1) is 0 Å². The molecule has 0 bridgehead atoms. The molecule has 0 spiro atoms. The normalized spacial score (nSPS) is 10.9.